The van der Waals surface area contributed by atoms with E-state index in [1.54, 1.807) is 24.3 Å². The molecule has 30 heavy (non-hydrogen) atoms. The van der Waals surface area contributed by atoms with E-state index in [1.165, 1.54) is 0 Å². The van der Waals surface area contributed by atoms with Crippen molar-refractivity contribution in [3.8, 4) is 5.75 Å². The Morgan fingerprint density at radius 3 is 2.53 bits per heavy atom. The Bertz CT molecular complexity index is 1200. The van der Waals surface area contributed by atoms with Crippen LogP contribution in [0.25, 0.3) is 0 Å². The van der Waals surface area contributed by atoms with E-state index in [9.17, 15) is 9.90 Å². The average Bonchev–Trinajstić information content (AvgIpc) is 3.09. The van der Waals surface area contributed by atoms with Gasteiger partial charge < -0.3 is 14.9 Å². The Hall–Kier alpha value is -2.76. The zero-order valence-corrected chi connectivity index (χ0v) is 17.6. The summed E-state index contributed by atoms with van der Waals surface area (Å²) in [5.41, 5.74) is 5.03. The minimum atomic E-state index is -0.314. The fourth-order valence-electron chi connectivity index (χ4n) is 4.48. The van der Waals surface area contributed by atoms with E-state index >= 15 is 0 Å². The van der Waals surface area contributed by atoms with Crippen molar-refractivity contribution in [3.63, 3.8) is 0 Å². The zero-order chi connectivity index (χ0) is 21.0. The molecule has 0 saturated carbocycles. The number of halogens is 2. The van der Waals surface area contributed by atoms with Crippen LogP contribution in [0.15, 0.2) is 58.3 Å². The number of benzene rings is 2. The summed E-state index contributed by atoms with van der Waals surface area (Å²) in [4.78, 5) is 13.4. The molecule has 0 saturated heterocycles. The number of aromatic nitrogens is 1. The van der Waals surface area contributed by atoms with Gasteiger partial charge in [0.25, 0.3) is 0 Å². The third-order valence-electron chi connectivity index (χ3n) is 5.90. The molecule has 0 amide bonds. The standard InChI is InChI=1S/C23H18Cl2N2O3/c1-11-20-21(13-4-7-16(24)17(25)8-13)22-18(26-23(20)30-27-11)9-14(10-19(22)29)12-2-5-15(28)6-3-12/h2-8,14,21,26,28H,9-10H2,1H3/t14-,21-/m0/s1. The summed E-state index contributed by atoms with van der Waals surface area (Å²) in [6.07, 6.45) is 1.05. The summed E-state index contributed by atoms with van der Waals surface area (Å²) in [5.74, 6) is 0.540. The highest BCUT2D eigenvalue weighted by Crippen LogP contribution is 2.49. The molecular formula is C23H18Cl2N2O3. The molecule has 152 valence electrons. The maximum atomic E-state index is 13.4. The van der Waals surface area contributed by atoms with Crippen molar-refractivity contribution in [1.82, 2.24) is 5.16 Å². The summed E-state index contributed by atoms with van der Waals surface area (Å²) < 4.78 is 5.53. The molecule has 7 heteroatoms. The predicted octanol–water partition coefficient (Wildman–Crippen LogP) is 5.95. The smallest absolute Gasteiger partial charge is 0.233 e. The van der Waals surface area contributed by atoms with Gasteiger partial charge in [-0.15, -0.1) is 0 Å². The van der Waals surface area contributed by atoms with Gasteiger partial charge in [-0.2, -0.15) is 0 Å². The third-order valence-corrected chi connectivity index (χ3v) is 6.64. The number of hydrogen-bond acceptors (Lipinski definition) is 5. The quantitative estimate of drug-likeness (QED) is 0.514. The van der Waals surface area contributed by atoms with Crippen LogP contribution in [0.2, 0.25) is 10.0 Å². The second kappa shape index (κ2) is 7.18. The van der Waals surface area contributed by atoms with Gasteiger partial charge in [-0.05, 0) is 54.7 Å². The summed E-state index contributed by atoms with van der Waals surface area (Å²) >= 11 is 12.4. The molecule has 0 fully saturated rings. The fourth-order valence-corrected chi connectivity index (χ4v) is 4.79. The lowest BCUT2D eigenvalue weighted by Gasteiger charge is -2.34. The summed E-state index contributed by atoms with van der Waals surface area (Å²) in [6.45, 7) is 1.87. The fraction of sp³-hybridized carbons (Fsp3) is 0.217. The van der Waals surface area contributed by atoms with Crippen LogP contribution in [0.3, 0.4) is 0 Å². The van der Waals surface area contributed by atoms with E-state index in [2.05, 4.69) is 10.5 Å². The van der Waals surface area contributed by atoms with Crippen LogP contribution in [0.4, 0.5) is 5.88 Å². The number of ketones is 1. The lowest BCUT2D eigenvalue weighted by molar-refractivity contribution is -0.116. The van der Waals surface area contributed by atoms with Crippen molar-refractivity contribution in [3.05, 3.63) is 86.2 Å². The van der Waals surface area contributed by atoms with Crippen LogP contribution in [0, 0.1) is 6.92 Å². The Balaban J connectivity index is 1.62. The average molecular weight is 441 g/mol. The van der Waals surface area contributed by atoms with Crippen LogP contribution in [-0.4, -0.2) is 16.0 Å². The summed E-state index contributed by atoms with van der Waals surface area (Å²) in [5, 5.41) is 17.9. The van der Waals surface area contributed by atoms with Crippen molar-refractivity contribution >= 4 is 34.9 Å². The van der Waals surface area contributed by atoms with Crippen molar-refractivity contribution in [2.75, 3.05) is 5.32 Å². The summed E-state index contributed by atoms with van der Waals surface area (Å²) in [6, 6.07) is 12.5. The number of aromatic hydroxyl groups is 1. The van der Waals surface area contributed by atoms with E-state index in [0.29, 0.717) is 28.8 Å². The molecule has 2 heterocycles. The van der Waals surface area contributed by atoms with E-state index in [1.807, 2.05) is 25.1 Å². The number of Topliss-reactive ketones (excluding diaryl/α,β-unsaturated/α-hetero) is 1. The topological polar surface area (TPSA) is 75.4 Å². The molecule has 5 nitrogen and oxygen atoms in total. The highest BCUT2D eigenvalue weighted by Gasteiger charge is 2.41. The number of fused-ring (bicyclic) bond motifs is 1. The maximum Gasteiger partial charge on any atom is 0.233 e. The molecule has 0 unspecified atom stereocenters. The van der Waals surface area contributed by atoms with Gasteiger partial charge in [0.1, 0.15) is 5.75 Å². The van der Waals surface area contributed by atoms with E-state index in [4.69, 9.17) is 27.7 Å². The number of hydrogen-bond donors (Lipinski definition) is 2. The van der Waals surface area contributed by atoms with E-state index in [-0.39, 0.29) is 23.4 Å². The number of rotatable bonds is 2. The largest absolute Gasteiger partial charge is 0.508 e. The highest BCUT2D eigenvalue weighted by molar-refractivity contribution is 6.42. The van der Waals surface area contributed by atoms with Crippen molar-refractivity contribution in [2.45, 2.75) is 31.6 Å². The van der Waals surface area contributed by atoms with E-state index < -0.39 is 0 Å². The number of phenols is 1. The van der Waals surface area contributed by atoms with Gasteiger partial charge in [-0.1, -0.05) is 46.6 Å². The predicted molar refractivity (Wildman–Crippen MR) is 115 cm³/mol. The number of carbonyl (C=O) groups excluding carboxylic acids is 1. The van der Waals surface area contributed by atoms with Crippen molar-refractivity contribution in [1.29, 1.82) is 0 Å². The van der Waals surface area contributed by atoms with Gasteiger partial charge >= 0.3 is 0 Å². The number of allylic oxidation sites excluding steroid dienone is 2. The van der Waals surface area contributed by atoms with Crippen LogP contribution in [0.5, 0.6) is 5.75 Å². The zero-order valence-electron chi connectivity index (χ0n) is 16.1. The first kappa shape index (κ1) is 19.2. The summed E-state index contributed by atoms with van der Waals surface area (Å²) in [7, 11) is 0. The number of nitrogens with zero attached hydrogens (tertiary/aromatic N) is 1. The molecular weight excluding hydrogens is 423 g/mol. The molecule has 1 aliphatic heterocycles. The van der Waals surface area contributed by atoms with Gasteiger partial charge in [0.05, 0.1) is 21.3 Å². The maximum absolute atomic E-state index is 13.4. The Labute approximate surface area is 183 Å². The number of phenolic OH excluding ortho intramolecular Hbond substituents is 1. The van der Waals surface area contributed by atoms with Gasteiger partial charge in [0.2, 0.25) is 5.88 Å². The molecule has 0 bridgehead atoms. The minimum absolute atomic E-state index is 0.0179. The third kappa shape index (κ3) is 3.09. The van der Waals surface area contributed by atoms with E-state index in [0.717, 1.165) is 33.7 Å². The van der Waals surface area contributed by atoms with Crippen molar-refractivity contribution in [2.24, 2.45) is 0 Å². The highest BCUT2D eigenvalue weighted by atomic mass is 35.5. The van der Waals surface area contributed by atoms with Crippen LogP contribution in [0.1, 0.15) is 47.1 Å². The molecule has 0 spiro atoms. The molecule has 2 aliphatic rings. The second-order valence-electron chi connectivity index (χ2n) is 7.75. The first-order chi connectivity index (χ1) is 14.4. The Morgan fingerprint density at radius 1 is 1.07 bits per heavy atom. The molecule has 3 aromatic rings. The monoisotopic (exact) mass is 440 g/mol. The molecule has 2 N–H and O–H groups in total. The normalized spacial score (nSPS) is 20.6. The van der Waals surface area contributed by atoms with Gasteiger partial charge in [0.15, 0.2) is 5.78 Å². The molecule has 1 aliphatic carbocycles. The molecule has 0 radical (unpaired) electrons. The van der Waals surface area contributed by atoms with Gasteiger partial charge in [-0.25, -0.2) is 0 Å². The lowest BCUT2D eigenvalue weighted by Crippen LogP contribution is -2.29. The number of carbonyl (C=O) groups is 1. The molecule has 2 atom stereocenters. The number of anilines is 1. The van der Waals surface area contributed by atoms with Gasteiger partial charge in [-0.3, -0.25) is 4.79 Å². The minimum Gasteiger partial charge on any atom is -0.508 e. The first-order valence-corrected chi connectivity index (χ1v) is 10.4. The molecule has 1 aromatic heterocycles. The van der Waals surface area contributed by atoms with Crippen LogP contribution < -0.4 is 5.32 Å². The Kier molecular flexibility index (Phi) is 4.60. The van der Waals surface area contributed by atoms with Crippen molar-refractivity contribution < 1.29 is 14.4 Å². The molecule has 5 rings (SSSR count). The molecule has 2 aromatic carbocycles. The number of aryl methyl sites for hydroxylation is 1. The van der Waals surface area contributed by atoms with Gasteiger partial charge in [0, 0.05) is 23.6 Å². The SMILES string of the molecule is Cc1noc2c1[C@H](c1ccc(Cl)c(Cl)c1)C1=C(C[C@H](c3ccc(O)cc3)CC1=O)N2. The number of nitrogens with one attached hydrogen (secondary N) is 1. The Morgan fingerprint density at radius 2 is 1.80 bits per heavy atom. The second-order valence-corrected chi connectivity index (χ2v) is 8.57. The van der Waals surface area contributed by atoms with Crippen LogP contribution >= 0.6 is 23.2 Å². The lowest BCUT2D eigenvalue weighted by atomic mass is 9.72. The first-order valence-electron chi connectivity index (χ1n) is 9.65. The van der Waals surface area contributed by atoms with Crippen LogP contribution in [-0.2, 0) is 4.79 Å².